The Balaban J connectivity index is 2.36. The Hall–Kier alpha value is -4.01. The maximum absolute atomic E-state index is 12.7. The molecule has 2 aromatic rings. The van der Waals surface area contributed by atoms with Gasteiger partial charge in [0.15, 0.2) is 0 Å². The first-order valence-electron chi connectivity index (χ1n) is 9.80. The van der Waals surface area contributed by atoms with Crippen molar-refractivity contribution in [1.29, 1.82) is 0 Å². The molecule has 0 bridgehead atoms. The van der Waals surface area contributed by atoms with E-state index in [0.717, 1.165) is 5.56 Å². The zero-order chi connectivity index (χ0) is 24.1. The van der Waals surface area contributed by atoms with E-state index in [4.69, 9.17) is 5.11 Å². The Morgan fingerprint density at radius 3 is 2.25 bits per heavy atom. The van der Waals surface area contributed by atoms with E-state index in [1.54, 1.807) is 12.1 Å². The number of hydrogen-bond acceptors (Lipinski definition) is 5. The van der Waals surface area contributed by atoms with Crippen molar-refractivity contribution in [2.24, 2.45) is 0 Å². The maximum atomic E-state index is 12.7. The van der Waals surface area contributed by atoms with E-state index in [-0.39, 0.29) is 22.4 Å². The van der Waals surface area contributed by atoms with Gasteiger partial charge in [-0.3, -0.25) is 24.5 Å². The highest BCUT2D eigenvalue weighted by atomic mass is 16.6. The lowest BCUT2D eigenvalue weighted by molar-refractivity contribution is -0.384. The van der Waals surface area contributed by atoms with Gasteiger partial charge in [0, 0.05) is 17.7 Å². The summed E-state index contributed by atoms with van der Waals surface area (Å²) in [5, 5.41) is 24.8. The first kappa shape index (κ1) is 24.3. The van der Waals surface area contributed by atoms with Crippen molar-refractivity contribution in [2.45, 2.75) is 39.2 Å². The van der Waals surface area contributed by atoms with Crippen LogP contribution in [-0.4, -0.2) is 33.9 Å². The molecule has 0 radical (unpaired) electrons. The summed E-state index contributed by atoms with van der Waals surface area (Å²) in [7, 11) is 0. The van der Waals surface area contributed by atoms with Gasteiger partial charge in [-0.15, -0.1) is 0 Å². The smallest absolute Gasteiger partial charge is 0.325 e. The molecule has 0 aromatic heterocycles. The topological polar surface area (TPSA) is 139 Å². The number of carboxylic acid groups (broad SMARTS) is 1. The second-order valence-electron chi connectivity index (χ2n) is 8.22. The third-order valence-corrected chi connectivity index (χ3v) is 4.62. The number of amides is 2. The molecule has 2 amide bonds. The lowest BCUT2D eigenvalue weighted by atomic mass is 9.87. The molecule has 1 unspecified atom stereocenters. The van der Waals surface area contributed by atoms with Crippen molar-refractivity contribution in [3.63, 3.8) is 0 Å². The number of carbonyl (C=O) groups is 3. The van der Waals surface area contributed by atoms with Gasteiger partial charge in [-0.2, -0.15) is 0 Å². The standard InChI is InChI=1S/C23H25N3O6/c1-14(22(29)30)24-21(28)19(13-15-6-5-7-18(12-15)26(31)32)25-20(27)16-8-10-17(11-9-16)23(2,3)4/h5-14H,1-4H3,(H,24,28)(H,25,27)(H,29,30)/b19-13-. The average Bonchev–Trinajstić information content (AvgIpc) is 2.72. The van der Waals surface area contributed by atoms with Crippen molar-refractivity contribution < 1.29 is 24.4 Å². The van der Waals surface area contributed by atoms with E-state index in [0.29, 0.717) is 5.56 Å². The minimum absolute atomic E-state index is 0.102. The number of nitro benzene ring substituents is 1. The summed E-state index contributed by atoms with van der Waals surface area (Å²) in [6.45, 7) is 7.39. The average molecular weight is 439 g/mol. The highest BCUT2D eigenvalue weighted by molar-refractivity contribution is 6.06. The third kappa shape index (κ3) is 6.49. The molecule has 0 saturated heterocycles. The molecular formula is C23H25N3O6. The molecule has 32 heavy (non-hydrogen) atoms. The van der Waals surface area contributed by atoms with Gasteiger partial charge in [-0.1, -0.05) is 45.0 Å². The minimum atomic E-state index is -1.25. The van der Waals surface area contributed by atoms with Gasteiger partial charge in [0.1, 0.15) is 11.7 Å². The van der Waals surface area contributed by atoms with Gasteiger partial charge in [0.2, 0.25) is 0 Å². The number of benzene rings is 2. The van der Waals surface area contributed by atoms with Crippen LogP contribution in [0.1, 0.15) is 49.2 Å². The van der Waals surface area contributed by atoms with Gasteiger partial charge in [0.05, 0.1) is 4.92 Å². The first-order valence-corrected chi connectivity index (χ1v) is 9.80. The highest BCUT2D eigenvalue weighted by Crippen LogP contribution is 2.22. The Morgan fingerprint density at radius 2 is 1.72 bits per heavy atom. The van der Waals surface area contributed by atoms with E-state index in [1.165, 1.54) is 37.3 Å². The summed E-state index contributed by atoms with van der Waals surface area (Å²) in [5.74, 6) is -2.68. The van der Waals surface area contributed by atoms with Gasteiger partial charge >= 0.3 is 5.97 Å². The van der Waals surface area contributed by atoms with Crippen molar-refractivity contribution in [1.82, 2.24) is 10.6 Å². The molecule has 0 fully saturated rings. The van der Waals surface area contributed by atoms with Gasteiger partial charge in [-0.05, 0) is 41.7 Å². The predicted octanol–water partition coefficient (Wildman–Crippen LogP) is 3.25. The molecular weight excluding hydrogens is 414 g/mol. The molecule has 0 heterocycles. The number of nitrogens with zero attached hydrogens (tertiary/aromatic N) is 1. The molecule has 0 spiro atoms. The molecule has 168 valence electrons. The van der Waals surface area contributed by atoms with E-state index in [2.05, 4.69) is 10.6 Å². The fourth-order valence-electron chi connectivity index (χ4n) is 2.71. The van der Waals surface area contributed by atoms with Crippen molar-refractivity contribution >= 4 is 29.5 Å². The van der Waals surface area contributed by atoms with Crippen molar-refractivity contribution in [2.75, 3.05) is 0 Å². The number of hydrogen-bond donors (Lipinski definition) is 3. The molecule has 9 nitrogen and oxygen atoms in total. The van der Waals surface area contributed by atoms with E-state index in [1.807, 2.05) is 32.9 Å². The summed E-state index contributed by atoms with van der Waals surface area (Å²) in [4.78, 5) is 46.9. The Bertz CT molecular complexity index is 1070. The second-order valence-corrected chi connectivity index (χ2v) is 8.22. The Kier molecular flexibility index (Phi) is 7.48. The van der Waals surface area contributed by atoms with Crippen molar-refractivity contribution in [3.05, 3.63) is 81.0 Å². The van der Waals surface area contributed by atoms with Crippen molar-refractivity contribution in [3.8, 4) is 0 Å². The minimum Gasteiger partial charge on any atom is -0.480 e. The summed E-state index contributed by atoms with van der Waals surface area (Å²) < 4.78 is 0. The lowest BCUT2D eigenvalue weighted by Crippen LogP contribution is -2.42. The van der Waals surface area contributed by atoms with Crippen LogP contribution in [0.2, 0.25) is 0 Å². The van der Waals surface area contributed by atoms with Gasteiger partial charge in [-0.25, -0.2) is 0 Å². The summed E-state index contributed by atoms with van der Waals surface area (Å²) in [6.07, 6.45) is 1.25. The monoisotopic (exact) mass is 439 g/mol. The number of rotatable bonds is 7. The zero-order valence-electron chi connectivity index (χ0n) is 18.2. The number of aliphatic carboxylic acids is 1. The van der Waals surface area contributed by atoms with Crippen LogP contribution in [0.15, 0.2) is 54.2 Å². The molecule has 0 aliphatic heterocycles. The van der Waals surface area contributed by atoms with E-state index < -0.39 is 28.7 Å². The summed E-state index contributed by atoms with van der Waals surface area (Å²) >= 11 is 0. The number of carboxylic acids is 1. The van der Waals surface area contributed by atoms with Crippen LogP contribution in [-0.2, 0) is 15.0 Å². The van der Waals surface area contributed by atoms with Crippen LogP contribution in [0.5, 0.6) is 0 Å². The van der Waals surface area contributed by atoms with Gasteiger partial charge in [0.25, 0.3) is 17.5 Å². The molecule has 2 aromatic carbocycles. The molecule has 0 saturated carbocycles. The van der Waals surface area contributed by atoms with Gasteiger partial charge < -0.3 is 15.7 Å². The normalized spacial score (nSPS) is 12.6. The number of carbonyl (C=O) groups excluding carboxylic acids is 2. The van der Waals surface area contributed by atoms with Crippen LogP contribution in [0.25, 0.3) is 6.08 Å². The van der Waals surface area contributed by atoms with E-state index >= 15 is 0 Å². The molecule has 2 rings (SSSR count). The zero-order valence-corrected chi connectivity index (χ0v) is 18.2. The lowest BCUT2D eigenvalue weighted by Gasteiger charge is -2.19. The number of nitrogens with one attached hydrogen (secondary N) is 2. The van der Waals surface area contributed by atoms with Crippen LogP contribution in [0.4, 0.5) is 5.69 Å². The molecule has 0 aliphatic rings. The fraction of sp³-hybridized carbons (Fsp3) is 0.261. The number of non-ortho nitro benzene ring substituents is 1. The summed E-state index contributed by atoms with van der Waals surface area (Å²) in [6, 6.07) is 11.1. The maximum Gasteiger partial charge on any atom is 0.325 e. The Morgan fingerprint density at radius 1 is 1.09 bits per heavy atom. The molecule has 1 atom stereocenters. The number of nitro groups is 1. The highest BCUT2D eigenvalue weighted by Gasteiger charge is 2.20. The second kappa shape index (κ2) is 9.86. The van der Waals surface area contributed by atoms with Crippen LogP contribution < -0.4 is 10.6 Å². The molecule has 3 N–H and O–H groups in total. The fourth-order valence-corrected chi connectivity index (χ4v) is 2.71. The predicted molar refractivity (Wildman–Crippen MR) is 119 cm³/mol. The quantitative estimate of drug-likeness (QED) is 0.344. The molecule has 0 aliphatic carbocycles. The molecule has 9 heteroatoms. The Labute approximate surface area is 185 Å². The van der Waals surface area contributed by atoms with E-state index in [9.17, 15) is 24.5 Å². The third-order valence-electron chi connectivity index (χ3n) is 4.62. The van der Waals surface area contributed by atoms with Crippen LogP contribution in [0, 0.1) is 10.1 Å². The van der Waals surface area contributed by atoms with Crippen LogP contribution >= 0.6 is 0 Å². The van der Waals surface area contributed by atoms with Crippen LogP contribution in [0.3, 0.4) is 0 Å². The SMILES string of the molecule is CC(NC(=O)/C(=C/c1cccc([N+](=O)[O-])c1)NC(=O)c1ccc(C(C)(C)C)cc1)C(=O)O. The first-order chi connectivity index (χ1) is 14.9. The largest absolute Gasteiger partial charge is 0.480 e. The summed E-state index contributed by atoms with van der Waals surface area (Å²) in [5.41, 5.74) is 1.06.